The summed E-state index contributed by atoms with van der Waals surface area (Å²) in [5, 5.41) is 15.3. The fraction of sp³-hybridized carbons (Fsp3) is 0.545. The number of nitrogens with zero attached hydrogens (tertiary/aromatic N) is 1. The van der Waals surface area contributed by atoms with Gasteiger partial charge < -0.3 is 28.6 Å². The molecular weight excluding hydrogens is 835 g/mol. The zero-order chi connectivity index (χ0) is 48.2. The third-order valence-electron chi connectivity index (χ3n) is 6.72. The van der Waals surface area contributed by atoms with Crippen LogP contribution in [0.3, 0.4) is 0 Å². The van der Waals surface area contributed by atoms with Gasteiger partial charge in [-0.25, -0.2) is 14.2 Å². The van der Waals surface area contributed by atoms with Crippen LogP contribution in [0.4, 0.5) is 36.8 Å². The summed E-state index contributed by atoms with van der Waals surface area (Å²) in [4.78, 5) is 45.4. The van der Waals surface area contributed by atoms with E-state index in [1.807, 2.05) is 0 Å². The smallest absolute Gasteiger partial charge is 0.464 e. The molecule has 0 aromatic heterocycles. The van der Waals surface area contributed by atoms with Crippen molar-refractivity contribution in [3.8, 4) is 11.5 Å². The first kappa shape index (κ1) is 59.0. The van der Waals surface area contributed by atoms with Crippen molar-refractivity contribution in [1.82, 2.24) is 10.4 Å². The lowest BCUT2D eigenvalue weighted by Gasteiger charge is -2.28. The number of ether oxygens (including phenoxy) is 3. The van der Waals surface area contributed by atoms with Crippen molar-refractivity contribution in [1.29, 1.82) is 0 Å². The molecule has 11 radical (unpaired) electrons. The molecule has 28 heteroatoms. The number of carbonyl (C=O) groups is 3. The molecule has 0 heterocycles. The summed E-state index contributed by atoms with van der Waals surface area (Å²) in [7, 11) is 19.6. The van der Waals surface area contributed by atoms with E-state index in [4.69, 9.17) is 18.5 Å². The number of amides is 1. The zero-order valence-electron chi connectivity index (χ0n) is 35.0. The van der Waals surface area contributed by atoms with Gasteiger partial charge in [0.25, 0.3) is 5.69 Å². The molecular formula is C33H44B7F6N3O11P. The number of nitro groups is 1. The third-order valence-corrected chi connectivity index (χ3v) is 8.33. The number of alkyl carbamates (subject to hydrolysis) is 1. The predicted octanol–water partition coefficient (Wildman–Crippen LogP) is 5.64. The monoisotopic (exact) mass is 880 g/mol. The van der Waals surface area contributed by atoms with Gasteiger partial charge >= 0.3 is 38.1 Å². The minimum atomic E-state index is -4.60. The molecule has 14 nitrogen and oxygen atoms in total. The number of non-ortho nitro benzene ring substituents is 1. The summed E-state index contributed by atoms with van der Waals surface area (Å²) in [6, 6.07) is 9.84. The molecule has 0 saturated heterocycles. The van der Waals surface area contributed by atoms with Crippen LogP contribution in [0.5, 0.6) is 11.5 Å². The van der Waals surface area contributed by atoms with E-state index in [9.17, 15) is 55.4 Å². The number of nitro benzene ring substituents is 1. The number of nitrogens with one attached hydrogen (secondary N) is 2. The topological polar surface area (TPSA) is 182 Å². The predicted molar refractivity (Wildman–Crippen MR) is 222 cm³/mol. The molecule has 2 aromatic rings. The molecule has 0 aliphatic rings. The lowest BCUT2D eigenvalue weighted by molar-refractivity contribution is -0.384. The van der Waals surface area contributed by atoms with Gasteiger partial charge in [0.1, 0.15) is 42.4 Å². The number of para-hydroxylation sites is 1. The van der Waals surface area contributed by atoms with E-state index in [1.54, 1.807) is 39.0 Å². The molecule has 0 fully saturated rings. The Morgan fingerprint density at radius 1 is 0.754 bits per heavy atom. The van der Waals surface area contributed by atoms with Gasteiger partial charge in [-0.2, -0.15) is 31.4 Å². The Labute approximate surface area is 359 Å². The van der Waals surface area contributed by atoms with E-state index in [0.29, 0.717) is 0 Å². The minimum Gasteiger partial charge on any atom is -0.464 e. The van der Waals surface area contributed by atoms with E-state index < -0.39 is 91.2 Å². The van der Waals surface area contributed by atoms with E-state index >= 15 is 0 Å². The number of hydrogen-bond acceptors (Lipinski definition) is 11. The number of alkyl halides is 6. The van der Waals surface area contributed by atoms with Crippen molar-refractivity contribution < 1.29 is 73.5 Å². The number of hydrogen-bond donors (Lipinski definition) is 2. The molecule has 0 bridgehead atoms. The minimum absolute atomic E-state index is 0.0777. The third kappa shape index (κ3) is 25.4. The molecule has 0 aliphatic carbocycles. The van der Waals surface area contributed by atoms with Gasteiger partial charge in [-0.1, -0.05) is 18.2 Å². The Kier molecular flexibility index (Phi) is 24.9. The molecule has 2 rings (SSSR count). The lowest BCUT2D eigenvalue weighted by Crippen LogP contribution is -2.44. The molecule has 1 amide bonds. The highest BCUT2D eigenvalue weighted by Crippen LogP contribution is 2.46. The Bertz CT molecular complexity index is 1710. The van der Waals surface area contributed by atoms with Crippen LogP contribution in [-0.2, 0) is 28.4 Å². The van der Waals surface area contributed by atoms with E-state index in [-0.39, 0.29) is 17.2 Å². The zero-order valence-corrected chi connectivity index (χ0v) is 35.9. The number of esters is 2. The molecule has 0 aliphatic heterocycles. The maximum atomic E-state index is 13.4. The second-order valence-corrected chi connectivity index (χ2v) is 16.3. The quantitative estimate of drug-likeness (QED) is 0.0455. The Balaban J connectivity index is 0. The second-order valence-electron chi connectivity index (χ2n) is 14.7. The highest BCUT2D eigenvalue weighted by Gasteiger charge is 2.49. The first-order valence-electron chi connectivity index (χ1n) is 17.6. The van der Waals surface area contributed by atoms with Gasteiger partial charge in [0.05, 0.1) is 15.8 Å². The van der Waals surface area contributed by atoms with Gasteiger partial charge in [0.15, 0.2) is 0 Å². The molecule has 3 atom stereocenters. The van der Waals surface area contributed by atoms with E-state index in [1.165, 1.54) is 38.1 Å². The van der Waals surface area contributed by atoms with Crippen LogP contribution in [0.2, 0.25) is 0 Å². The molecule has 0 spiro atoms. The molecule has 2 N–H and O–H groups in total. The van der Waals surface area contributed by atoms with E-state index in [2.05, 4.69) is 53.8 Å². The highest BCUT2D eigenvalue weighted by molar-refractivity contribution is 7.52. The normalized spacial score (nSPS) is 13.4. The fourth-order valence-electron chi connectivity index (χ4n) is 3.21. The summed E-state index contributed by atoms with van der Waals surface area (Å²) in [5.74, 6) is -2.05. The second kappa shape index (κ2) is 25.7. The summed E-state index contributed by atoms with van der Waals surface area (Å²) in [5.41, 5.74) is -5.43. The molecule has 325 valence electrons. The highest BCUT2D eigenvalue weighted by atomic mass is 31.2. The van der Waals surface area contributed by atoms with Crippen LogP contribution < -0.4 is 19.5 Å². The summed E-state index contributed by atoms with van der Waals surface area (Å²) in [6.45, 7) is 9.25. The maximum Gasteiger partial charge on any atom is 0.513 e. The van der Waals surface area contributed by atoms with Gasteiger partial charge in [-0.15, -0.1) is 0 Å². The maximum absolute atomic E-state index is 13.4. The standard InChI is InChI=1S/C20H22F3N2O7P.C13H22F3NO4.B4.B3/c1-14(18(26)30-13-19(2,3)20(21,22)23)24-33(29,31-16-7-5-4-6-8-16)32-17-11-9-15(10-12-17)25(27)28;1-8(17-10(19)21-11(2,3)4)9(18)20-7-12(5,6)13(14,15)16;1-4(2)3;1-3-2/h4-12,14H,13H2,1-3H3,(H,24,29);8H,7H2,1-6H3,(H,17,19);;/t14-,33?;8-;;/m00../s1. The van der Waals surface area contributed by atoms with Crippen molar-refractivity contribution in [2.75, 3.05) is 13.2 Å². The van der Waals surface area contributed by atoms with Gasteiger partial charge in [0.2, 0.25) is 0 Å². The van der Waals surface area contributed by atoms with E-state index in [0.717, 1.165) is 46.9 Å². The van der Waals surface area contributed by atoms with Crippen molar-refractivity contribution in [2.24, 2.45) is 10.8 Å². The lowest BCUT2D eigenvalue weighted by atomic mass is 9.08. The largest absolute Gasteiger partial charge is 0.513 e. The summed E-state index contributed by atoms with van der Waals surface area (Å²) < 4.78 is 115. The molecule has 61 heavy (non-hydrogen) atoms. The average molecular weight is 879 g/mol. The first-order valence-corrected chi connectivity index (χ1v) is 19.1. The van der Waals surface area contributed by atoms with Crippen LogP contribution in [-0.4, -0.2) is 118 Å². The number of carbonyl (C=O) groups excluding carboxylic acids is 3. The van der Waals surface area contributed by atoms with Crippen LogP contribution in [0.15, 0.2) is 54.6 Å². The van der Waals surface area contributed by atoms with Gasteiger partial charge in [0, 0.05) is 64.3 Å². The molecule has 2 aromatic carbocycles. The van der Waals surface area contributed by atoms with Crippen molar-refractivity contribution >= 4 is 83.6 Å². The number of halogens is 6. The fourth-order valence-corrected chi connectivity index (χ4v) is 4.73. The SMILES string of the molecule is C[C@H](NC(=O)OC(C)(C)C)C(=O)OCC(C)(C)C(F)(F)F.C[C@H](NP(=O)(Oc1ccccc1)Oc1ccc([N+](=O)[O-])cc1)C(=O)OCC(C)(C)C(F)(F)F.[B]B([B])[B].[B][B][B]. The van der Waals surface area contributed by atoms with Crippen molar-refractivity contribution in [3.05, 3.63) is 64.7 Å². The summed E-state index contributed by atoms with van der Waals surface area (Å²) in [6.07, 6.45) is -10.6. The number of benzene rings is 2. The van der Waals surface area contributed by atoms with Crippen LogP contribution in [0.1, 0.15) is 62.3 Å². The average Bonchev–Trinajstić information content (AvgIpc) is 3.08. The van der Waals surface area contributed by atoms with Crippen molar-refractivity contribution in [2.45, 2.75) is 92.4 Å². The van der Waals surface area contributed by atoms with Crippen molar-refractivity contribution in [3.63, 3.8) is 0 Å². The Hall–Kier alpha value is -4.13. The van der Waals surface area contributed by atoms with Crippen LogP contribution in [0, 0.1) is 20.9 Å². The van der Waals surface area contributed by atoms with Gasteiger partial charge in [-0.3, -0.25) is 14.9 Å². The Morgan fingerprint density at radius 2 is 1.11 bits per heavy atom. The molecule has 0 saturated carbocycles. The summed E-state index contributed by atoms with van der Waals surface area (Å²) >= 11 is 0. The van der Waals surface area contributed by atoms with Crippen LogP contribution in [0.25, 0.3) is 0 Å². The van der Waals surface area contributed by atoms with Crippen LogP contribution >= 0.6 is 7.75 Å². The number of rotatable bonds is 14. The van der Waals surface area contributed by atoms with Gasteiger partial charge in [-0.05, 0) is 86.6 Å². The first-order chi connectivity index (χ1) is 27.5. The molecule has 1 unspecified atom stereocenters. The Morgan fingerprint density at radius 3 is 1.46 bits per heavy atom.